The van der Waals surface area contributed by atoms with Gasteiger partial charge in [0.15, 0.2) is 0 Å². The molecule has 3 aromatic rings. The molecule has 3 aromatic carbocycles. The highest BCUT2D eigenvalue weighted by molar-refractivity contribution is 6.31. The number of benzene rings is 3. The molecule has 1 saturated carbocycles. The van der Waals surface area contributed by atoms with Crippen molar-refractivity contribution in [3.05, 3.63) is 94.8 Å². The van der Waals surface area contributed by atoms with Crippen molar-refractivity contribution in [2.45, 2.75) is 50.7 Å². The van der Waals surface area contributed by atoms with Gasteiger partial charge < -0.3 is 16.4 Å². The molecule has 0 radical (unpaired) electrons. The maximum atomic E-state index is 14.3. The number of carbonyl (C=O) groups is 2. The number of carbonyl (C=O) groups excluding carboxylic acids is 2. The Balaban J connectivity index is 1.69. The molecule has 0 saturated heterocycles. The SMILES string of the molecule is NCc1ccc(NCC(=O)N(c2cccc(F)c2)C(C(=O)NC2CCCCC2)c2ccccc2Cl)cc1. The number of hydrogen-bond donors (Lipinski definition) is 3. The normalized spacial score (nSPS) is 14.6. The molecule has 1 aliphatic carbocycles. The van der Waals surface area contributed by atoms with E-state index in [1.165, 1.54) is 23.1 Å². The van der Waals surface area contributed by atoms with Gasteiger partial charge in [-0.25, -0.2) is 4.39 Å². The van der Waals surface area contributed by atoms with E-state index < -0.39 is 17.8 Å². The zero-order valence-corrected chi connectivity index (χ0v) is 21.4. The standard InChI is InChI=1S/C29H32ClFN4O2/c30-26-12-5-4-11-25(26)28(29(37)34-23-8-2-1-3-9-23)35(24-10-6-7-21(31)17-24)27(36)19-33-22-15-13-20(18-32)14-16-22/h4-7,10-17,23,28,33H,1-3,8-9,18-19,32H2,(H,34,37). The highest BCUT2D eigenvalue weighted by Gasteiger charge is 2.35. The molecule has 1 unspecified atom stereocenters. The van der Waals surface area contributed by atoms with Crippen molar-refractivity contribution in [1.29, 1.82) is 0 Å². The molecule has 1 atom stereocenters. The third-order valence-electron chi connectivity index (χ3n) is 6.65. The van der Waals surface area contributed by atoms with Gasteiger partial charge in [-0.2, -0.15) is 0 Å². The highest BCUT2D eigenvalue weighted by Crippen LogP contribution is 2.33. The highest BCUT2D eigenvalue weighted by atomic mass is 35.5. The van der Waals surface area contributed by atoms with Crippen LogP contribution in [0.5, 0.6) is 0 Å². The second-order valence-electron chi connectivity index (χ2n) is 9.27. The summed E-state index contributed by atoms with van der Waals surface area (Å²) in [7, 11) is 0. The molecule has 4 rings (SSSR count). The first-order chi connectivity index (χ1) is 18.0. The summed E-state index contributed by atoms with van der Waals surface area (Å²) in [5.74, 6) is -1.26. The number of amides is 2. The summed E-state index contributed by atoms with van der Waals surface area (Å²) in [5, 5.41) is 6.60. The molecule has 0 aromatic heterocycles. The zero-order valence-electron chi connectivity index (χ0n) is 20.6. The van der Waals surface area contributed by atoms with Crippen LogP contribution >= 0.6 is 11.6 Å². The molecule has 2 amide bonds. The molecule has 4 N–H and O–H groups in total. The Labute approximate surface area is 222 Å². The van der Waals surface area contributed by atoms with Crippen LogP contribution in [0.4, 0.5) is 15.8 Å². The Hall–Kier alpha value is -3.42. The molecular formula is C29H32ClFN4O2. The third kappa shape index (κ3) is 6.87. The maximum Gasteiger partial charge on any atom is 0.248 e. The first-order valence-corrected chi connectivity index (χ1v) is 13.0. The summed E-state index contributed by atoms with van der Waals surface area (Å²) in [6.07, 6.45) is 5.00. The molecule has 0 spiro atoms. The minimum atomic E-state index is -1.08. The molecule has 37 heavy (non-hydrogen) atoms. The lowest BCUT2D eigenvalue weighted by molar-refractivity contribution is -0.126. The Morgan fingerprint density at radius 1 is 1.00 bits per heavy atom. The summed E-state index contributed by atoms with van der Waals surface area (Å²) in [6.45, 7) is 0.304. The summed E-state index contributed by atoms with van der Waals surface area (Å²) in [5.41, 5.74) is 8.12. The van der Waals surface area contributed by atoms with Gasteiger partial charge in [-0.1, -0.05) is 67.3 Å². The lowest BCUT2D eigenvalue weighted by atomic mass is 9.94. The van der Waals surface area contributed by atoms with E-state index in [2.05, 4.69) is 10.6 Å². The Morgan fingerprint density at radius 3 is 2.41 bits per heavy atom. The molecule has 194 valence electrons. The van der Waals surface area contributed by atoms with E-state index in [0.717, 1.165) is 43.4 Å². The second-order valence-corrected chi connectivity index (χ2v) is 9.67. The van der Waals surface area contributed by atoms with Crippen molar-refractivity contribution >= 4 is 34.8 Å². The van der Waals surface area contributed by atoms with Crippen LogP contribution in [0.25, 0.3) is 0 Å². The van der Waals surface area contributed by atoms with Crippen LogP contribution in [-0.2, 0) is 16.1 Å². The molecular weight excluding hydrogens is 491 g/mol. The quantitative estimate of drug-likeness (QED) is 0.343. The summed E-state index contributed by atoms with van der Waals surface area (Å²) in [4.78, 5) is 28.9. The molecule has 8 heteroatoms. The molecule has 6 nitrogen and oxygen atoms in total. The fourth-order valence-corrected chi connectivity index (χ4v) is 4.95. The van der Waals surface area contributed by atoms with E-state index >= 15 is 0 Å². The lowest BCUT2D eigenvalue weighted by Gasteiger charge is -2.34. The minimum Gasteiger partial charge on any atom is -0.376 e. The largest absolute Gasteiger partial charge is 0.376 e. The van der Waals surface area contributed by atoms with Gasteiger partial charge in [0, 0.05) is 34.5 Å². The summed E-state index contributed by atoms with van der Waals surface area (Å²) >= 11 is 6.56. The molecule has 0 aliphatic heterocycles. The molecule has 1 fully saturated rings. The van der Waals surface area contributed by atoms with Crippen LogP contribution in [-0.4, -0.2) is 24.4 Å². The Morgan fingerprint density at radius 2 is 1.73 bits per heavy atom. The van der Waals surface area contributed by atoms with Crippen LogP contribution in [0.15, 0.2) is 72.8 Å². The summed E-state index contributed by atoms with van der Waals surface area (Å²) < 4.78 is 14.3. The van der Waals surface area contributed by atoms with Crippen molar-refractivity contribution in [3.8, 4) is 0 Å². The Kier molecular flexibility index (Phi) is 9.14. The van der Waals surface area contributed by atoms with Gasteiger partial charge in [0.05, 0.1) is 6.54 Å². The van der Waals surface area contributed by atoms with Crippen LogP contribution in [0, 0.1) is 5.82 Å². The number of anilines is 2. The van der Waals surface area contributed by atoms with E-state index in [0.29, 0.717) is 17.1 Å². The second kappa shape index (κ2) is 12.7. The van der Waals surface area contributed by atoms with Gasteiger partial charge in [-0.15, -0.1) is 0 Å². The number of nitrogens with zero attached hydrogens (tertiary/aromatic N) is 1. The molecule has 1 aliphatic rings. The number of nitrogens with one attached hydrogen (secondary N) is 2. The molecule has 0 bridgehead atoms. The van der Waals surface area contributed by atoms with Gasteiger partial charge in [0.25, 0.3) is 0 Å². The van der Waals surface area contributed by atoms with Gasteiger partial charge >= 0.3 is 0 Å². The van der Waals surface area contributed by atoms with Crippen molar-refractivity contribution in [3.63, 3.8) is 0 Å². The van der Waals surface area contributed by atoms with E-state index in [-0.39, 0.29) is 24.2 Å². The van der Waals surface area contributed by atoms with Crippen molar-refractivity contribution < 1.29 is 14.0 Å². The van der Waals surface area contributed by atoms with Crippen molar-refractivity contribution in [1.82, 2.24) is 5.32 Å². The van der Waals surface area contributed by atoms with Crippen LogP contribution in [0.2, 0.25) is 5.02 Å². The fourth-order valence-electron chi connectivity index (χ4n) is 4.71. The fraction of sp³-hybridized carbons (Fsp3) is 0.310. The number of nitrogens with two attached hydrogens (primary N) is 1. The van der Waals surface area contributed by atoms with E-state index in [4.69, 9.17) is 17.3 Å². The smallest absolute Gasteiger partial charge is 0.248 e. The van der Waals surface area contributed by atoms with Crippen molar-refractivity contribution in [2.75, 3.05) is 16.8 Å². The van der Waals surface area contributed by atoms with Crippen LogP contribution < -0.4 is 21.3 Å². The lowest BCUT2D eigenvalue weighted by Crippen LogP contribution is -2.48. The average molecular weight is 523 g/mol. The van der Waals surface area contributed by atoms with Crippen LogP contribution in [0.1, 0.15) is 49.3 Å². The number of halogens is 2. The van der Waals surface area contributed by atoms with E-state index in [1.807, 2.05) is 24.3 Å². The van der Waals surface area contributed by atoms with Crippen molar-refractivity contribution in [2.24, 2.45) is 5.73 Å². The van der Waals surface area contributed by atoms with E-state index in [1.54, 1.807) is 30.3 Å². The monoisotopic (exact) mass is 522 g/mol. The minimum absolute atomic E-state index is 0.0230. The Bertz CT molecular complexity index is 1210. The van der Waals surface area contributed by atoms with E-state index in [9.17, 15) is 14.0 Å². The number of hydrogen-bond acceptors (Lipinski definition) is 4. The predicted molar refractivity (Wildman–Crippen MR) is 146 cm³/mol. The first kappa shape index (κ1) is 26.6. The first-order valence-electron chi connectivity index (χ1n) is 12.6. The van der Waals surface area contributed by atoms with Crippen LogP contribution in [0.3, 0.4) is 0 Å². The molecule has 0 heterocycles. The third-order valence-corrected chi connectivity index (χ3v) is 6.99. The van der Waals surface area contributed by atoms with Gasteiger partial charge in [0.2, 0.25) is 11.8 Å². The average Bonchev–Trinajstić information content (AvgIpc) is 2.91. The topological polar surface area (TPSA) is 87.5 Å². The predicted octanol–water partition coefficient (Wildman–Crippen LogP) is 5.57. The van der Waals surface area contributed by atoms with Gasteiger partial charge in [0.1, 0.15) is 11.9 Å². The maximum absolute atomic E-state index is 14.3. The summed E-state index contributed by atoms with van der Waals surface area (Å²) in [6, 6.07) is 19.0. The number of rotatable bonds is 9. The zero-order chi connectivity index (χ0) is 26.2. The van der Waals surface area contributed by atoms with Gasteiger partial charge in [-0.3, -0.25) is 14.5 Å². The van der Waals surface area contributed by atoms with Gasteiger partial charge in [-0.05, 0) is 54.8 Å².